The number of esters is 1. The van der Waals surface area contributed by atoms with Crippen LogP contribution in [0.25, 0.3) is 0 Å². The molecular weight excluding hydrogens is 158 g/mol. The molecule has 12 heavy (non-hydrogen) atoms. The van der Waals surface area contributed by atoms with E-state index in [1.54, 1.807) is 6.92 Å². The van der Waals surface area contributed by atoms with Gasteiger partial charge in [0.1, 0.15) is 0 Å². The second kappa shape index (κ2) is 3.69. The minimum absolute atomic E-state index is 0.349. The van der Waals surface area contributed by atoms with Crippen LogP contribution in [0.2, 0.25) is 0 Å². The number of hydrogen-bond acceptors (Lipinski definition) is 4. The molecule has 0 spiro atoms. The van der Waals surface area contributed by atoms with Crippen molar-refractivity contribution in [1.29, 1.82) is 0 Å². The number of nitrogens with two attached hydrogens (primary N) is 1. The van der Waals surface area contributed by atoms with E-state index in [2.05, 4.69) is 0 Å². The maximum atomic E-state index is 11.1. The van der Waals surface area contributed by atoms with Crippen molar-refractivity contribution in [2.75, 3.05) is 6.61 Å². The van der Waals surface area contributed by atoms with Gasteiger partial charge in [0, 0.05) is 11.6 Å². The van der Waals surface area contributed by atoms with E-state index in [-0.39, 0.29) is 12.0 Å². The number of carbonyl (C=O) groups excluding carboxylic acids is 1. The molecule has 0 radical (unpaired) electrons. The number of carbonyl (C=O) groups is 1. The van der Waals surface area contributed by atoms with Gasteiger partial charge in [-0.25, -0.2) is 4.79 Å². The van der Waals surface area contributed by atoms with Crippen LogP contribution in [0.3, 0.4) is 0 Å². The topological polar surface area (TPSA) is 72.5 Å². The summed E-state index contributed by atoms with van der Waals surface area (Å²) in [5.41, 5.74) is 5.98. The van der Waals surface area contributed by atoms with Gasteiger partial charge in [0.05, 0.1) is 12.7 Å². The summed E-state index contributed by atoms with van der Waals surface area (Å²) in [5, 5.41) is 9.18. The maximum Gasteiger partial charge on any atom is 0.333 e. The zero-order valence-corrected chi connectivity index (χ0v) is 6.99. The molecule has 0 aliphatic heterocycles. The first-order valence-electron chi connectivity index (χ1n) is 3.96. The van der Waals surface area contributed by atoms with E-state index in [0.717, 1.165) is 0 Å². The summed E-state index contributed by atoms with van der Waals surface area (Å²) < 4.78 is 4.75. The highest BCUT2D eigenvalue weighted by Gasteiger charge is 2.26. The fourth-order valence-corrected chi connectivity index (χ4v) is 1.15. The molecule has 1 rings (SSSR count). The zero-order chi connectivity index (χ0) is 9.14. The number of hydrogen-bond donors (Lipinski definition) is 2. The molecule has 0 fully saturated rings. The molecule has 3 N–H and O–H groups in total. The first-order valence-corrected chi connectivity index (χ1v) is 3.96. The minimum Gasteiger partial charge on any atom is -0.463 e. The van der Waals surface area contributed by atoms with E-state index in [1.165, 1.54) is 6.08 Å². The van der Waals surface area contributed by atoms with Gasteiger partial charge >= 0.3 is 5.97 Å². The summed E-state index contributed by atoms with van der Waals surface area (Å²) >= 11 is 0. The SMILES string of the molecule is CCOC(=O)C1=C[C@@H](O)[C@@H](N)C1. The largest absolute Gasteiger partial charge is 0.463 e. The van der Waals surface area contributed by atoms with E-state index < -0.39 is 6.10 Å². The first-order chi connectivity index (χ1) is 5.65. The van der Waals surface area contributed by atoms with Crippen molar-refractivity contribution in [3.05, 3.63) is 11.6 Å². The number of aliphatic hydroxyl groups is 1. The highest BCUT2D eigenvalue weighted by molar-refractivity contribution is 5.89. The second-order valence-electron chi connectivity index (χ2n) is 2.77. The Kier molecular flexibility index (Phi) is 2.83. The average molecular weight is 171 g/mol. The van der Waals surface area contributed by atoms with Crippen molar-refractivity contribution in [3.8, 4) is 0 Å². The summed E-state index contributed by atoms with van der Waals surface area (Å²) in [6, 6.07) is -0.357. The van der Waals surface area contributed by atoms with E-state index in [0.29, 0.717) is 18.6 Å². The average Bonchev–Trinajstić information content (AvgIpc) is 2.33. The zero-order valence-electron chi connectivity index (χ0n) is 6.99. The van der Waals surface area contributed by atoms with Crippen LogP contribution in [0.5, 0.6) is 0 Å². The van der Waals surface area contributed by atoms with Crippen LogP contribution in [0.1, 0.15) is 13.3 Å². The molecule has 4 heteroatoms. The third-order valence-corrected chi connectivity index (χ3v) is 1.80. The van der Waals surface area contributed by atoms with Crippen molar-refractivity contribution >= 4 is 5.97 Å². The van der Waals surface area contributed by atoms with Crippen molar-refractivity contribution in [1.82, 2.24) is 0 Å². The number of ether oxygens (including phenoxy) is 1. The predicted octanol–water partition coefficient (Wildman–Crippen LogP) is -0.432. The minimum atomic E-state index is -0.704. The lowest BCUT2D eigenvalue weighted by atomic mass is 10.2. The van der Waals surface area contributed by atoms with Gasteiger partial charge in [0.25, 0.3) is 0 Å². The standard InChI is InChI=1S/C8H13NO3/c1-2-12-8(11)5-3-6(9)7(10)4-5/h4,6-7,10H,2-3,9H2,1H3/t6-,7+/m0/s1. The van der Waals surface area contributed by atoms with Gasteiger partial charge in [-0.15, -0.1) is 0 Å². The Bertz CT molecular complexity index is 212. The Morgan fingerprint density at radius 1 is 1.92 bits per heavy atom. The van der Waals surface area contributed by atoms with Crippen LogP contribution in [0, 0.1) is 0 Å². The van der Waals surface area contributed by atoms with E-state index >= 15 is 0 Å². The molecule has 4 nitrogen and oxygen atoms in total. The molecule has 68 valence electrons. The van der Waals surface area contributed by atoms with Gasteiger partial charge < -0.3 is 15.6 Å². The summed E-state index contributed by atoms with van der Waals surface area (Å²) in [6.45, 7) is 2.09. The number of rotatable bonds is 2. The van der Waals surface area contributed by atoms with Gasteiger partial charge in [0.2, 0.25) is 0 Å². The van der Waals surface area contributed by atoms with Gasteiger partial charge in [-0.3, -0.25) is 0 Å². The molecule has 0 amide bonds. The molecule has 0 aromatic heterocycles. The molecule has 0 unspecified atom stereocenters. The monoisotopic (exact) mass is 171 g/mol. The molecule has 0 saturated carbocycles. The van der Waals surface area contributed by atoms with E-state index in [4.69, 9.17) is 10.5 Å². The Balaban J connectivity index is 2.55. The van der Waals surface area contributed by atoms with Gasteiger partial charge in [0.15, 0.2) is 0 Å². The molecule has 0 heterocycles. The summed E-state index contributed by atoms with van der Waals surface area (Å²) in [7, 11) is 0. The van der Waals surface area contributed by atoms with Crippen LogP contribution >= 0.6 is 0 Å². The van der Waals surface area contributed by atoms with Crippen molar-refractivity contribution in [2.45, 2.75) is 25.5 Å². The second-order valence-corrected chi connectivity index (χ2v) is 2.77. The fraction of sp³-hybridized carbons (Fsp3) is 0.625. The normalized spacial score (nSPS) is 28.4. The Labute approximate surface area is 71.0 Å². The third kappa shape index (κ3) is 1.84. The van der Waals surface area contributed by atoms with Gasteiger partial charge in [-0.2, -0.15) is 0 Å². The Morgan fingerprint density at radius 3 is 3.00 bits per heavy atom. The highest BCUT2D eigenvalue weighted by Crippen LogP contribution is 2.18. The third-order valence-electron chi connectivity index (χ3n) is 1.80. The lowest BCUT2D eigenvalue weighted by Gasteiger charge is -2.05. The molecule has 2 atom stereocenters. The Hall–Kier alpha value is -0.870. The maximum absolute atomic E-state index is 11.1. The van der Waals surface area contributed by atoms with E-state index in [9.17, 15) is 9.90 Å². The molecule has 0 saturated heterocycles. The van der Waals surface area contributed by atoms with Crippen LogP contribution in [-0.4, -0.2) is 29.8 Å². The predicted molar refractivity (Wildman–Crippen MR) is 43.3 cm³/mol. The lowest BCUT2D eigenvalue weighted by Crippen LogP contribution is -2.29. The van der Waals surface area contributed by atoms with Gasteiger partial charge in [-0.05, 0) is 19.4 Å². The van der Waals surface area contributed by atoms with Crippen LogP contribution < -0.4 is 5.73 Å². The number of aliphatic hydroxyl groups excluding tert-OH is 1. The lowest BCUT2D eigenvalue weighted by molar-refractivity contribution is -0.138. The first kappa shape index (κ1) is 9.22. The quantitative estimate of drug-likeness (QED) is 0.553. The molecule has 1 aliphatic rings. The summed E-state index contributed by atoms with van der Waals surface area (Å²) in [6.07, 6.45) is 1.16. The summed E-state index contributed by atoms with van der Waals surface area (Å²) in [5.74, 6) is -0.371. The van der Waals surface area contributed by atoms with Crippen LogP contribution in [-0.2, 0) is 9.53 Å². The molecule has 1 aliphatic carbocycles. The molecular formula is C8H13NO3. The highest BCUT2D eigenvalue weighted by atomic mass is 16.5. The van der Waals surface area contributed by atoms with Crippen molar-refractivity contribution < 1.29 is 14.6 Å². The Morgan fingerprint density at radius 2 is 2.58 bits per heavy atom. The van der Waals surface area contributed by atoms with Gasteiger partial charge in [-0.1, -0.05) is 0 Å². The molecule has 0 aromatic rings. The van der Waals surface area contributed by atoms with Crippen LogP contribution in [0.15, 0.2) is 11.6 Å². The van der Waals surface area contributed by atoms with Crippen LogP contribution in [0.4, 0.5) is 0 Å². The molecule has 0 aromatic carbocycles. The van der Waals surface area contributed by atoms with Crippen molar-refractivity contribution in [3.63, 3.8) is 0 Å². The smallest absolute Gasteiger partial charge is 0.333 e. The van der Waals surface area contributed by atoms with E-state index in [1.807, 2.05) is 0 Å². The van der Waals surface area contributed by atoms with Crippen molar-refractivity contribution in [2.24, 2.45) is 5.73 Å². The molecule has 0 bridgehead atoms. The fourth-order valence-electron chi connectivity index (χ4n) is 1.15. The summed E-state index contributed by atoms with van der Waals surface area (Å²) in [4.78, 5) is 11.1.